The quantitative estimate of drug-likeness (QED) is 0.793. The van der Waals surface area contributed by atoms with Crippen LogP contribution in [0, 0.1) is 6.92 Å². The highest BCUT2D eigenvalue weighted by Crippen LogP contribution is 2.16. The molecule has 21 heavy (non-hydrogen) atoms. The van der Waals surface area contributed by atoms with E-state index in [1.165, 1.54) is 11.0 Å². The van der Waals surface area contributed by atoms with Crippen LogP contribution in [-0.4, -0.2) is 25.5 Å². The van der Waals surface area contributed by atoms with E-state index in [4.69, 9.17) is 9.15 Å². The van der Waals surface area contributed by atoms with Gasteiger partial charge in [0.2, 0.25) is 5.76 Å². The summed E-state index contributed by atoms with van der Waals surface area (Å²) in [7, 11) is 1.63. The lowest BCUT2D eigenvalue weighted by Gasteiger charge is -2.17. The fraction of sp³-hybridized carbons (Fsp3) is 0.200. The first-order valence-corrected chi connectivity index (χ1v) is 7.02. The van der Waals surface area contributed by atoms with Crippen molar-refractivity contribution in [2.45, 2.75) is 6.92 Å². The highest BCUT2D eigenvalue weighted by molar-refractivity contribution is 9.10. The van der Waals surface area contributed by atoms with Gasteiger partial charge >= 0.3 is 5.97 Å². The third-order valence-electron chi connectivity index (χ3n) is 2.86. The SMILES string of the molecule is Cc1cccc(N(C)C(=O)COC(=O)c2ccc(Br)o2)c1. The minimum absolute atomic E-state index is 0.0490. The molecule has 0 unspecified atom stereocenters. The average Bonchev–Trinajstić information content (AvgIpc) is 2.90. The van der Waals surface area contributed by atoms with Gasteiger partial charge in [0.1, 0.15) is 0 Å². The van der Waals surface area contributed by atoms with Gasteiger partial charge in [0.25, 0.3) is 5.91 Å². The van der Waals surface area contributed by atoms with Crippen molar-refractivity contribution in [1.82, 2.24) is 0 Å². The highest BCUT2D eigenvalue weighted by Gasteiger charge is 2.17. The Morgan fingerprint density at radius 1 is 1.29 bits per heavy atom. The van der Waals surface area contributed by atoms with Gasteiger partial charge in [0.15, 0.2) is 11.3 Å². The van der Waals surface area contributed by atoms with Gasteiger partial charge in [-0.3, -0.25) is 4.79 Å². The highest BCUT2D eigenvalue weighted by atomic mass is 79.9. The number of hydrogen-bond donors (Lipinski definition) is 0. The summed E-state index contributed by atoms with van der Waals surface area (Å²) in [6.45, 7) is 1.60. The molecule has 0 spiro atoms. The van der Waals surface area contributed by atoms with Gasteiger partial charge in [-0.2, -0.15) is 0 Å². The molecule has 6 heteroatoms. The number of carbonyl (C=O) groups excluding carboxylic acids is 2. The van der Waals surface area contributed by atoms with Gasteiger partial charge in [-0.1, -0.05) is 12.1 Å². The molecule has 0 saturated heterocycles. The van der Waals surface area contributed by atoms with E-state index >= 15 is 0 Å². The van der Waals surface area contributed by atoms with E-state index in [-0.39, 0.29) is 18.3 Å². The van der Waals surface area contributed by atoms with Crippen LogP contribution in [0.25, 0.3) is 0 Å². The van der Waals surface area contributed by atoms with Crippen LogP contribution >= 0.6 is 15.9 Å². The summed E-state index contributed by atoms with van der Waals surface area (Å²) in [5, 5.41) is 0. The second kappa shape index (κ2) is 6.58. The number of anilines is 1. The molecule has 110 valence electrons. The molecule has 0 fully saturated rings. The number of halogens is 1. The number of benzene rings is 1. The summed E-state index contributed by atoms with van der Waals surface area (Å²) in [4.78, 5) is 25.1. The molecule has 2 aromatic rings. The number of amides is 1. The number of carbonyl (C=O) groups is 2. The molecular formula is C15H14BrNO4. The molecule has 5 nitrogen and oxygen atoms in total. The minimum Gasteiger partial charge on any atom is -0.450 e. The van der Waals surface area contributed by atoms with Gasteiger partial charge in [-0.15, -0.1) is 0 Å². The number of furan rings is 1. The number of esters is 1. The van der Waals surface area contributed by atoms with Gasteiger partial charge in [0, 0.05) is 12.7 Å². The summed E-state index contributed by atoms with van der Waals surface area (Å²) in [6, 6.07) is 10.6. The fourth-order valence-corrected chi connectivity index (χ4v) is 2.01. The molecular weight excluding hydrogens is 338 g/mol. The van der Waals surface area contributed by atoms with E-state index < -0.39 is 5.97 Å². The van der Waals surface area contributed by atoms with Crippen LogP contribution in [0.4, 0.5) is 5.69 Å². The minimum atomic E-state index is -0.674. The van der Waals surface area contributed by atoms with Gasteiger partial charge in [-0.25, -0.2) is 4.79 Å². The molecule has 2 rings (SSSR count). The Balaban J connectivity index is 1.94. The monoisotopic (exact) mass is 351 g/mol. The molecule has 0 radical (unpaired) electrons. The Kier molecular flexibility index (Phi) is 4.80. The van der Waals surface area contributed by atoms with E-state index in [0.29, 0.717) is 4.67 Å². The molecule has 1 heterocycles. The topological polar surface area (TPSA) is 59.8 Å². The maximum Gasteiger partial charge on any atom is 0.374 e. The Hall–Kier alpha value is -2.08. The maximum atomic E-state index is 12.0. The third-order valence-corrected chi connectivity index (χ3v) is 3.29. The first-order chi connectivity index (χ1) is 9.97. The summed E-state index contributed by atoms with van der Waals surface area (Å²) in [5.74, 6) is -0.945. The molecule has 1 aromatic carbocycles. The van der Waals surface area contributed by atoms with Crippen LogP contribution in [0.2, 0.25) is 0 Å². The van der Waals surface area contributed by atoms with Crippen molar-refractivity contribution in [3.05, 3.63) is 52.4 Å². The zero-order valence-corrected chi connectivity index (χ0v) is 13.2. The number of likely N-dealkylation sites (N-methyl/N-ethyl adjacent to an activating group) is 1. The number of aryl methyl sites for hydroxylation is 1. The third kappa shape index (κ3) is 3.95. The average molecular weight is 352 g/mol. The standard InChI is InChI=1S/C15H14BrNO4/c1-10-4-3-5-11(8-10)17(2)14(18)9-20-15(19)12-6-7-13(16)21-12/h3-8H,9H2,1-2H3. The summed E-state index contributed by atoms with van der Waals surface area (Å²) >= 11 is 3.09. The molecule has 0 bridgehead atoms. The Labute approximate surface area is 130 Å². The second-order valence-corrected chi connectivity index (χ2v) is 5.25. The molecule has 0 aliphatic heterocycles. The smallest absolute Gasteiger partial charge is 0.374 e. The largest absolute Gasteiger partial charge is 0.450 e. The van der Waals surface area contributed by atoms with E-state index in [1.54, 1.807) is 13.1 Å². The number of hydrogen-bond acceptors (Lipinski definition) is 4. The summed E-state index contributed by atoms with van der Waals surface area (Å²) < 4.78 is 10.4. The Morgan fingerprint density at radius 2 is 2.05 bits per heavy atom. The maximum absolute atomic E-state index is 12.0. The van der Waals surface area contributed by atoms with Crippen LogP contribution in [0.3, 0.4) is 0 Å². The van der Waals surface area contributed by atoms with E-state index in [9.17, 15) is 9.59 Å². The molecule has 1 amide bonds. The van der Waals surface area contributed by atoms with Crippen LogP contribution < -0.4 is 4.90 Å². The summed E-state index contributed by atoms with van der Waals surface area (Å²) in [5.41, 5.74) is 1.79. The number of rotatable bonds is 4. The van der Waals surface area contributed by atoms with Crippen molar-refractivity contribution in [3.63, 3.8) is 0 Å². The van der Waals surface area contributed by atoms with Crippen molar-refractivity contribution in [3.8, 4) is 0 Å². The Morgan fingerprint density at radius 3 is 2.67 bits per heavy atom. The van der Waals surface area contributed by atoms with E-state index in [2.05, 4.69) is 15.9 Å². The van der Waals surface area contributed by atoms with E-state index in [1.807, 2.05) is 31.2 Å². The van der Waals surface area contributed by atoms with Crippen molar-refractivity contribution in [1.29, 1.82) is 0 Å². The van der Waals surface area contributed by atoms with Crippen molar-refractivity contribution >= 4 is 33.5 Å². The lowest BCUT2D eigenvalue weighted by Crippen LogP contribution is -2.31. The van der Waals surface area contributed by atoms with E-state index in [0.717, 1.165) is 11.3 Å². The van der Waals surface area contributed by atoms with Crippen molar-refractivity contribution in [2.75, 3.05) is 18.6 Å². The zero-order valence-electron chi connectivity index (χ0n) is 11.6. The lowest BCUT2D eigenvalue weighted by molar-refractivity contribution is -0.121. The molecule has 0 aliphatic carbocycles. The predicted octanol–water partition coefficient (Wildman–Crippen LogP) is 3.17. The van der Waals surface area contributed by atoms with Crippen molar-refractivity contribution < 1.29 is 18.7 Å². The normalized spacial score (nSPS) is 10.2. The lowest BCUT2D eigenvalue weighted by atomic mass is 10.2. The molecule has 0 aliphatic rings. The number of ether oxygens (including phenoxy) is 1. The van der Waals surface area contributed by atoms with Crippen LogP contribution in [-0.2, 0) is 9.53 Å². The summed E-state index contributed by atoms with van der Waals surface area (Å²) in [6.07, 6.45) is 0. The van der Waals surface area contributed by atoms with Gasteiger partial charge in [0.05, 0.1) is 0 Å². The van der Waals surface area contributed by atoms with Crippen molar-refractivity contribution in [2.24, 2.45) is 0 Å². The number of nitrogens with zero attached hydrogens (tertiary/aromatic N) is 1. The first kappa shape index (κ1) is 15.3. The second-order valence-electron chi connectivity index (χ2n) is 4.47. The Bertz CT molecular complexity index is 665. The molecule has 0 saturated carbocycles. The molecule has 1 aromatic heterocycles. The van der Waals surface area contributed by atoms with Crippen LogP contribution in [0.15, 0.2) is 45.5 Å². The van der Waals surface area contributed by atoms with Gasteiger partial charge < -0.3 is 14.1 Å². The van der Waals surface area contributed by atoms with Crippen LogP contribution in [0.5, 0.6) is 0 Å². The molecule has 0 N–H and O–H groups in total. The predicted molar refractivity (Wildman–Crippen MR) is 81.3 cm³/mol. The zero-order chi connectivity index (χ0) is 15.4. The fourth-order valence-electron chi connectivity index (χ4n) is 1.70. The molecule has 0 atom stereocenters. The first-order valence-electron chi connectivity index (χ1n) is 6.23. The van der Waals surface area contributed by atoms with Gasteiger partial charge in [-0.05, 0) is 52.7 Å². The van der Waals surface area contributed by atoms with Crippen LogP contribution in [0.1, 0.15) is 16.1 Å².